The number of carbonyl (C=O) groups excluding carboxylic acids is 5. The molecule has 54 heavy (non-hydrogen) atoms. The molecule has 2 rings (SSSR count). The lowest BCUT2D eigenvalue weighted by atomic mass is 10.1. The number of ether oxygens (including phenoxy) is 1. The Morgan fingerprint density at radius 2 is 1.06 bits per heavy atom. The van der Waals surface area contributed by atoms with E-state index in [1.807, 2.05) is 0 Å². The van der Waals surface area contributed by atoms with Crippen LogP contribution < -0.4 is 22.1 Å². The normalized spacial score (nSPS) is 14.0. The fraction of sp³-hybridized carbons (Fsp3) is 0.793. The van der Waals surface area contributed by atoms with Crippen molar-refractivity contribution < 1.29 is 51.8 Å². The number of halogens is 3. The van der Waals surface area contributed by atoms with Gasteiger partial charge in [-0.3, -0.25) is 15.0 Å². The molecule has 0 bridgehead atoms. The number of rotatable bonds is 12. The van der Waals surface area contributed by atoms with Crippen LogP contribution in [0.1, 0.15) is 72.1 Å². The van der Waals surface area contributed by atoms with E-state index in [1.54, 1.807) is 35.5 Å². The molecule has 6 N–H and O–H groups in total. The van der Waals surface area contributed by atoms with E-state index in [0.717, 1.165) is 38.5 Å². The molecule has 0 spiro atoms. The molecule has 0 aliphatic carbocycles. The summed E-state index contributed by atoms with van der Waals surface area (Å²) in [6.45, 7) is 9.92. The second-order valence-corrected chi connectivity index (χ2v) is 12.6. The zero-order valence-corrected chi connectivity index (χ0v) is 30.7. The van der Waals surface area contributed by atoms with E-state index in [1.165, 1.54) is 4.90 Å². The summed E-state index contributed by atoms with van der Waals surface area (Å²) in [5.74, 6) is 2.48. The smallest absolute Gasteiger partial charge is 0.475 e. The first-order valence-corrected chi connectivity index (χ1v) is 17.0. The van der Waals surface area contributed by atoms with Crippen molar-refractivity contribution in [3.63, 3.8) is 0 Å². The highest BCUT2D eigenvalue weighted by Crippen LogP contribution is 2.13. The largest absolute Gasteiger partial charge is 0.490 e. The SMILES string of the molecule is CC(C)(C)OC(=O)NNC(=O)N1CCN(C(=O)CCCCCN=[N+]=[N-])CC1.O=C(O)C(F)(F)F.[N-]=[N+]=NCCCCCC(=O)N1CCN(C(=O)NN)CC1. The molecule has 0 radical (unpaired) electrons. The van der Waals surface area contributed by atoms with Gasteiger partial charge in [0.05, 0.1) is 0 Å². The molecule has 2 aliphatic rings. The number of urea groups is 2. The lowest BCUT2D eigenvalue weighted by Gasteiger charge is -2.34. The number of azide groups is 2. The molecule has 7 amide bonds. The number of nitrogens with zero attached hydrogens (tertiary/aromatic N) is 10. The van der Waals surface area contributed by atoms with Crippen LogP contribution in [0.3, 0.4) is 0 Å². The summed E-state index contributed by atoms with van der Waals surface area (Å²) in [7, 11) is 0. The number of amides is 7. The number of aliphatic carboxylic acids is 1. The summed E-state index contributed by atoms with van der Waals surface area (Å²) >= 11 is 0. The number of hydrogen-bond acceptors (Lipinski definition) is 10. The standard InChI is InChI=1S/C16H29N7O4.C11H21N7O2.C2HF3O2/c1-16(2,3)27-15(26)20-19-14(25)23-11-9-22(10-12-23)13(24)7-5-4-6-8-18-21-17;12-15-11(20)18-8-6-17(7-9-18)10(19)4-2-1-3-5-14-16-13;3-2(4,5)1(6)7/h4-12H2,1-3H3,(H,19,25)(H,20,26);1-9,12H2,(H,15,20);(H,6,7). The van der Waals surface area contributed by atoms with Crippen LogP contribution in [0.4, 0.5) is 27.6 Å². The molecule has 0 atom stereocenters. The van der Waals surface area contributed by atoms with Crippen molar-refractivity contribution in [1.82, 2.24) is 35.9 Å². The lowest BCUT2D eigenvalue weighted by Crippen LogP contribution is -2.56. The van der Waals surface area contributed by atoms with Gasteiger partial charge in [0.2, 0.25) is 11.8 Å². The van der Waals surface area contributed by atoms with Crippen molar-refractivity contribution in [3.05, 3.63) is 20.9 Å². The molecular formula is C29H51F3N14O8. The monoisotopic (exact) mass is 780 g/mol. The molecule has 306 valence electrons. The van der Waals surface area contributed by atoms with Crippen LogP contribution in [0.2, 0.25) is 0 Å². The third-order valence-electron chi connectivity index (χ3n) is 7.30. The van der Waals surface area contributed by atoms with E-state index in [4.69, 9.17) is 31.5 Å². The van der Waals surface area contributed by atoms with Crippen LogP contribution >= 0.6 is 0 Å². The molecule has 0 aromatic heterocycles. The van der Waals surface area contributed by atoms with Crippen molar-refractivity contribution in [2.75, 3.05) is 65.4 Å². The number of unbranched alkanes of at least 4 members (excludes halogenated alkanes) is 4. The van der Waals surface area contributed by atoms with Gasteiger partial charge in [0.25, 0.3) is 0 Å². The van der Waals surface area contributed by atoms with Crippen molar-refractivity contribution >= 4 is 35.9 Å². The Labute approximate surface area is 310 Å². The van der Waals surface area contributed by atoms with Crippen LogP contribution in [-0.2, 0) is 19.1 Å². The van der Waals surface area contributed by atoms with Crippen molar-refractivity contribution in [3.8, 4) is 0 Å². The summed E-state index contributed by atoms with van der Waals surface area (Å²) in [6.07, 6.45) is -0.0299. The van der Waals surface area contributed by atoms with Crippen molar-refractivity contribution in [2.24, 2.45) is 16.1 Å². The Kier molecular flexibility index (Phi) is 23.7. The number of nitrogens with two attached hydrogens (primary N) is 1. The van der Waals surface area contributed by atoms with Crippen molar-refractivity contribution in [1.29, 1.82) is 0 Å². The minimum absolute atomic E-state index is 0.0609. The highest BCUT2D eigenvalue weighted by molar-refractivity contribution is 5.79. The van der Waals surface area contributed by atoms with E-state index in [0.29, 0.717) is 78.3 Å². The number of nitrogens with one attached hydrogen (secondary N) is 3. The van der Waals surface area contributed by atoms with Crippen LogP contribution in [0.25, 0.3) is 20.9 Å². The van der Waals surface area contributed by atoms with Gasteiger partial charge in [0.1, 0.15) is 5.60 Å². The van der Waals surface area contributed by atoms with Gasteiger partial charge in [0, 0.05) is 88.1 Å². The maximum Gasteiger partial charge on any atom is 0.490 e. The maximum absolute atomic E-state index is 12.2. The third kappa shape index (κ3) is 23.2. The summed E-state index contributed by atoms with van der Waals surface area (Å²) < 4.78 is 36.8. The summed E-state index contributed by atoms with van der Waals surface area (Å²) in [5, 5.41) is 14.0. The molecule has 0 saturated carbocycles. The highest BCUT2D eigenvalue weighted by Gasteiger charge is 2.38. The number of carboxylic acid groups (broad SMARTS) is 1. The number of alkyl halides is 3. The minimum atomic E-state index is -5.08. The number of carbonyl (C=O) groups is 6. The first-order valence-electron chi connectivity index (χ1n) is 17.0. The number of carboxylic acids is 1. The molecular weight excluding hydrogens is 729 g/mol. The topological polar surface area (TPSA) is 304 Å². The Morgan fingerprint density at radius 3 is 1.39 bits per heavy atom. The summed E-state index contributed by atoms with van der Waals surface area (Å²) in [4.78, 5) is 79.8. The third-order valence-corrected chi connectivity index (χ3v) is 7.30. The van der Waals surface area contributed by atoms with Gasteiger partial charge in [-0.1, -0.05) is 23.1 Å². The van der Waals surface area contributed by atoms with E-state index in [-0.39, 0.29) is 17.8 Å². The average molecular weight is 781 g/mol. The molecule has 2 heterocycles. The van der Waals surface area contributed by atoms with Gasteiger partial charge < -0.3 is 29.4 Å². The molecule has 0 aromatic carbocycles. The van der Waals surface area contributed by atoms with E-state index in [9.17, 15) is 37.1 Å². The van der Waals surface area contributed by atoms with Gasteiger partial charge in [-0.15, -0.1) is 0 Å². The zero-order valence-electron chi connectivity index (χ0n) is 30.7. The fourth-order valence-corrected chi connectivity index (χ4v) is 4.57. The molecule has 2 fully saturated rings. The van der Waals surface area contributed by atoms with Crippen LogP contribution in [0.15, 0.2) is 10.2 Å². The van der Waals surface area contributed by atoms with E-state index >= 15 is 0 Å². The van der Waals surface area contributed by atoms with Gasteiger partial charge in [-0.25, -0.2) is 35.9 Å². The summed E-state index contributed by atoms with van der Waals surface area (Å²) in [5.41, 5.74) is 22.2. The Hall–Kier alpha value is -5.41. The first kappa shape index (κ1) is 48.6. The molecule has 2 saturated heterocycles. The van der Waals surface area contributed by atoms with E-state index < -0.39 is 29.9 Å². The molecule has 2 aliphatic heterocycles. The second-order valence-electron chi connectivity index (χ2n) is 12.6. The van der Waals surface area contributed by atoms with Crippen molar-refractivity contribution in [2.45, 2.75) is 83.9 Å². The first-order chi connectivity index (χ1) is 25.4. The Bertz CT molecular complexity index is 1310. The average Bonchev–Trinajstić information content (AvgIpc) is 3.12. The number of hydrogen-bond donors (Lipinski definition) is 5. The van der Waals surface area contributed by atoms with Gasteiger partial charge in [-0.05, 0) is 57.5 Å². The number of hydrazine groups is 2. The van der Waals surface area contributed by atoms with Crippen LogP contribution in [0, 0.1) is 0 Å². The molecule has 0 aromatic rings. The zero-order chi connectivity index (χ0) is 41.2. The Morgan fingerprint density at radius 1 is 0.685 bits per heavy atom. The highest BCUT2D eigenvalue weighted by atomic mass is 19.4. The van der Waals surface area contributed by atoms with E-state index in [2.05, 4.69) is 36.3 Å². The lowest BCUT2D eigenvalue weighted by molar-refractivity contribution is -0.192. The quantitative estimate of drug-likeness (QED) is 0.0368. The molecule has 25 heteroatoms. The van der Waals surface area contributed by atoms with Gasteiger partial charge >= 0.3 is 30.3 Å². The van der Waals surface area contributed by atoms with Crippen LogP contribution in [-0.4, -0.2) is 138 Å². The maximum atomic E-state index is 12.2. The Balaban J connectivity index is 0.000000909. The minimum Gasteiger partial charge on any atom is -0.475 e. The van der Waals surface area contributed by atoms with Crippen LogP contribution in [0.5, 0.6) is 0 Å². The van der Waals surface area contributed by atoms with Gasteiger partial charge in [0.15, 0.2) is 0 Å². The molecule has 22 nitrogen and oxygen atoms in total. The number of piperazine rings is 2. The second kappa shape index (κ2) is 26.4. The molecule has 0 unspecified atom stereocenters. The summed E-state index contributed by atoms with van der Waals surface area (Å²) in [6, 6.07) is -0.749. The fourth-order valence-electron chi connectivity index (χ4n) is 4.57. The predicted octanol–water partition coefficient (Wildman–Crippen LogP) is 3.37. The predicted molar refractivity (Wildman–Crippen MR) is 186 cm³/mol. The van der Waals surface area contributed by atoms with Gasteiger partial charge in [-0.2, -0.15) is 13.2 Å².